The van der Waals surface area contributed by atoms with Crippen molar-refractivity contribution in [2.45, 2.75) is 67.4 Å². The fourth-order valence-corrected chi connectivity index (χ4v) is 8.63. The number of hydrogen-bond acceptors (Lipinski definition) is 9. The van der Waals surface area contributed by atoms with E-state index in [9.17, 15) is 26.7 Å². The summed E-state index contributed by atoms with van der Waals surface area (Å²) in [5.41, 5.74) is 0.319. The Morgan fingerprint density at radius 3 is 2.48 bits per heavy atom. The van der Waals surface area contributed by atoms with Gasteiger partial charge in [-0.2, -0.15) is 4.31 Å². The van der Waals surface area contributed by atoms with Crippen LogP contribution in [0.4, 0.5) is 5.69 Å². The number of sulfonamides is 2. The maximum atomic E-state index is 14.3. The van der Waals surface area contributed by atoms with Crippen molar-refractivity contribution in [3.8, 4) is 5.75 Å². The second-order valence-corrected chi connectivity index (χ2v) is 16.5. The predicted molar refractivity (Wildman–Crippen MR) is 178 cm³/mol. The van der Waals surface area contributed by atoms with Gasteiger partial charge < -0.3 is 19.5 Å². The van der Waals surface area contributed by atoms with Gasteiger partial charge in [0.25, 0.3) is 26.0 Å². The van der Waals surface area contributed by atoms with Crippen LogP contribution in [0.1, 0.15) is 50.4 Å². The van der Waals surface area contributed by atoms with Crippen molar-refractivity contribution in [2.75, 3.05) is 38.1 Å². The normalized spacial score (nSPS) is 21.2. The first-order chi connectivity index (χ1) is 21.8. The molecule has 0 radical (unpaired) electrons. The van der Waals surface area contributed by atoms with Gasteiger partial charge in [-0.1, -0.05) is 31.2 Å². The van der Waals surface area contributed by atoms with Crippen LogP contribution in [-0.4, -0.2) is 88.7 Å². The van der Waals surface area contributed by atoms with Crippen LogP contribution in [0.3, 0.4) is 0 Å². The number of hydrogen-bond donors (Lipinski definition) is 2. The Labute approximate surface area is 276 Å². The molecule has 1 aromatic heterocycles. The number of nitrogens with zero attached hydrogens (tertiary/aromatic N) is 2. The lowest BCUT2D eigenvalue weighted by molar-refractivity contribution is -0.00832. The van der Waals surface area contributed by atoms with Crippen LogP contribution in [0.5, 0.6) is 5.75 Å². The summed E-state index contributed by atoms with van der Waals surface area (Å²) in [6.45, 7) is 5.77. The number of amides is 1. The van der Waals surface area contributed by atoms with E-state index in [2.05, 4.69) is 4.72 Å². The van der Waals surface area contributed by atoms with Crippen LogP contribution in [0.2, 0.25) is 0 Å². The summed E-state index contributed by atoms with van der Waals surface area (Å²) in [5.74, 6) is -0.508. The second-order valence-electron chi connectivity index (χ2n) is 11.6. The predicted octanol–water partition coefficient (Wildman–Crippen LogP) is 4.67. The van der Waals surface area contributed by atoms with Gasteiger partial charge in [0.15, 0.2) is 0 Å². The molecule has 1 amide bonds. The van der Waals surface area contributed by atoms with Gasteiger partial charge >= 0.3 is 0 Å². The number of rotatable bonds is 9. The van der Waals surface area contributed by atoms with Crippen molar-refractivity contribution in [1.29, 1.82) is 0 Å². The fraction of sp³-hybridized carbons (Fsp3) is 0.469. The van der Waals surface area contributed by atoms with Gasteiger partial charge in [-0.3, -0.25) is 9.52 Å². The summed E-state index contributed by atoms with van der Waals surface area (Å²) in [4.78, 5) is 15.9. The number of anilines is 1. The third kappa shape index (κ3) is 8.87. The van der Waals surface area contributed by atoms with E-state index in [1.807, 2.05) is 13.8 Å². The maximum absolute atomic E-state index is 14.3. The van der Waals surface area contributed by atoms with Crippen LogP contribution in [0.15, 0.2) is 75.1 Å². The van der Waals surface area contributed by atoms with E-state index < -0.39 is 38.1 Å². The highest BCUT2D eigenvalue weighted by molar-refractivity contribution is 7.92. The van der Waals surface area contributed by atoms with E-state index in [1.54, 1.807) is 54.8 Å². The zero-order valence-corrected chi connectivity index (χ0v) is 29.0. The van der Waals surface area contributed by atoms with E-state index >= 15 is 0 Å². The highest BCUT2D eigenvalue weighted by atomic mass is 32.2. The molecule has 11 nitrogen and oxygen atoms in total. The number of nitrogens with one attached hydrogen (secondary N) is 1. The van der Waals surface area contributed by atoms with E-state index in [0.29, 0.717) is 18.8 Å². The number of carbonyl (C=O) groups excluding carboxylic acids is 1. The van der Waals surface area contributed by atoms with E-state index in [1.165, 1.54) is 34.5 Å². The van der Waals surface area contributed by atoms with Crippen molar-refractivity contribution in [3.05, 3.63) is 71.6 Å². The quantitative estimate of drug-likeness (QED) is 0.330. The first kappa shape index (κ1) is 35.8. The molecule has 2 aromatic carbocycles. The van der Waals surface area contributed by atoms with Gasteiger partial charge in [0, 0.05) is 38.3 Å². The Morgan fingerprint density at radius 1 is 1.07 bits per heavy atom. The molecule has 2 N–H and O–H groups in total. The minimum absolute atomic E-state index is 0.0679. The molecular formula is C32H43N3O8S3. The van der Waals surface area contributed by atoms with Gasteiger partial charge in [-0.15, -0.1) is 11.3 Å². The molecule has 1 aliphatic heterocycles. The largest absolute Gasteiger partial charge is 0.490 e. The molecule has 46 heavy (non-hydrogen) atoms. The summed E-state index contributed by atoms with van der Waals surface area (Å²) in [6, 6.07) is 15.1. The van der Waals surface area contributed by atoms with Crippen LogP contribution in [0, 0.1) is 5.92 Å². The molecule has 0 saturated carbocycles. The topological polar surface area (TPSA) is 143 Å². The lowest BCUT2D eigenvalue weighted by Crippen LogP contribution is -2.48. The van der Waals surface area contributed by atoms with Gasteiger partial charge in [-0.25, -0.2) is 16.8 Å². The first-order valence-electron chi connectivity index (χ1n) is 15.2. The van der Waals surface area contributed by atoms with Crippen molar-refractivity contribution in [3.63, 3.8) is 0 Å². The van der Waals surface area contributed by atoms with Crippen LogP contribution in [-0.2, 0) is 24.8 Å². The van der Waals surface area contributed by atoms with E-state index in [-0.39, 0.29) is 52.1 Å². The zero-order valence-electron chi connectivity index (χ0n) is 26.5. The molecule has 0 aliphatic carbocycles. The molecule has 0 bridgehead atoms. The Balaban J connectivity index is 1.68. The summed E-state index contributed by atoms with van der Waals surface area (Å²) < 4.78 is 69.2. The second kappa shape index (κ2) is 15.7. The van der Waals surface area contributed by atoms with Gasteiger partial charge in [-0.05, 0) is 74.9 Å². The summed E-state index contributed by atoms with van der Waals surface area (Å²) in [6.07, 6.45) is 1.35. The highest BCUT2D eigenvalue weighted by Crippen LogP contribution is 2.30. The highest BCUT2D eigenvalue weighted by Gasteiger charge is 2.33. The zero-order chi connectivity index (χ0) is 33.5. The van der Waals surface area contributed by atoms with E-state index in [4.69, 9.17) is 9.47 Å². The minimum atomic E-state index is -3.93. The molecule has 0 unspecified atom stereocenters. The SMILES string of the molecule is C[C@@H]1CN([C@@H](C)CO)C(=O)c2cc(NS(=O)(=O)c3ccccc3)ccc2O[C@@H](C)CCCCO[C@@H]1CN(C)S(=O)(=O)c1cccs1. The van der Waals surface area contributed by atoms with Crippen LogP contribution < -0.4 is 9.46 Å². The lowest BCUT2D eigenvalue weighted by Gasteiger charge is -2.35. The number of aliphatic hydroxyl groups is 1. The molecule has 4 atom stereocenters. The van der Waals surface area contributed by atoms with Crippen molar-refractivity contribution >= 4 is 43.0 Å². The Morgan fingerprint density at radius 2 is 1.80 bits per heavy atom. The number of carbonyl (C=O) groups is 1. The average molecular weight is 694 g/mol. The third-order valence-electron chi connectivity index (χ3n) is 7.95. The van der Waals surface area contributed by atoms with E-state index in [0.717, 1.165) is 24.2 Å². The first-order valence-corrected chi connectivity index (χ1v) is 19.1. The monoisotopic (exact) mass is 693 g/mol. The number of fused-ring (bicyclic) bond motifs is 1. The van der Waals surface area contributed by atoms with Crippen molar-refractivity contribution in [2.24, 2.45) is 5.92 Å². The summed E-state index contributed by atoms with van der Waals surface area (Å²) >= 11 is 1.14. The fourth-order valence-electron chi connectivity index (χ4n) is 5.18. The Hall–Kier alpha value is -3.01. The number of ether oxygens (including phenoxy) is 2. The van der Waals surface area contributed by atoms with Crippen molar-refractivity contribution < 1.29 is 36.2 Å². The molecule has 2 heterocycles. The van der Waals surface area contributed by atoms with Gasteiger partial charge in [0.2, 0.25) is 0 Å². The summed E-state index contributed by atoms with van der Waals surface area (Å²) in [7, 11) is -6.15. The standard InChI is InChI=1S/C32H43N3O8S3/c1-23-20-35(24(2)22-36)32(37)28-19-26(33-45(38,39)27-12-6-5-7-13-27)15-16-29(28)43-25(3)11-8-9-17-42-30(23)21-34(4)46(40,41)31-14-10-18-44-31/h5-7,10,12-16,18-19,23-25,30,33,36H,8-9,11,17,20-22H2,1-4H3/t23-,24+,25+,30-/m1/s1. The number of thiophene rings is 1. The van der Waals surface area contributed by atoms with Gasteiger partial charge in [0.05, 0.1) is 35.3 Å². The lowest BCUT2D eigenvalue weighted by atomic mass is 10.0. The number of aliphatic hydroxyl groups excluding tert-OH is 1. The molecule has 4 rings (SSSR count). The third-order valence-corrected chi connectivity index (χ3v) is 12.5. The Bertz CT molecular complexity index is 1650. The summed E-state index contributed by atoms with van der Waals surface area (Å²) in [5, 5.41) is 11.9. The van der Waals surface area contributed by atoms with Crippen molar-refractivity contribution in [1.82, 2.24) is 9.21 Å². The molecular weight excluding hydrogens is 651 g/mol. The molecule has 14 heteroatoms. The van der Waals surface area contributed by atoms with Crippen LogP contribution in [0.25, 0.3) is 0 Å². The molecule has 1 aliphatic rings. The molecule has 252 valence electrons. The molecule has 0 saturated heterocycles. The average Bonchev–Trinajstić information content (AvgIpc) is 3.59. The Kier molecular flexibility index (Phi) is 12.2. The smallest absolute Gasteiger partial charge is 0.261 e. The van der Waals surface area contributed by atoms with Gasteiger partial charge in [0.1, 0.15) is 9.96 Å². The molecule has 0 spiro atoms. The molecule has 0 fully saturated rings. The number of benzene rings is 2. The minimum Gasteiger partial charge on any atom is -0.490 e. The van der Waals surface area contributed by atoms with Crippen LogP contribution >= 0.6 is 11.3 Å². The molecule has 3 aromatic rings. The number of likely N-dealkylation sites (N-methyl/N-ethyl adjacent to an activating group) is 1. The maximum Gasteiger partial charge on any atom is 0.261 e.